The van der Waals surface area contributed by atoms with Gasteiger partial charge in [-0.1, -0.05) is 17.8 Å². The van der Waals surface area contributed by atoms with E-state index >= 15 is 0 Å². The molecule has 0 saturated heterocycles. The molecule has 0 saturated carbocycles. The van der Waals surface area contributed by atoms with Gasteiger partial charge >= 0.3 is 0 Å². The van der Waals surface area contributed by atoms with Crippen molar-refractivity contribution in [1.29, 1.82) is 5.26 Å². The van der Waals surface area contributed by atoms with Crippen molar-refractivity contribution in [3.05, 3.63) is 34.8 Å². The van der Waals surface area contributed by atoms with Crippen LogP contribution >= 0.6 is 34.9 Å². The van der Waals surface area contributed by atoms with Crippen LogP contribution in [0.2, 0.25) is 0 Å². The Labute approximate surface area is 113 Å². The van der Waals surface area contributed by atoms with E-state index < -0.39 is 0 Å². The average Bonchev–Trinajstić information content (AvgIpc) is 2.74. The summed E-state index contributed by atoms with van der Waals surface area (Å²) < 4.78 is 0.984. The van der Waals surface area contributed by atoms with E-state index in [9.17, 15) is 5.26 Å². The highest BCUT2D eigenvalue weighted by Crippen LogP contribution is 2.35. The van der Waals surface area contributed by atoms with E-state index in [0.717, 1.165) is 25.4 Å². The molecule has 2 rings (SSSR count). The molecule has 5 heteroatoms. The summed E-state index contributed by atoms with van der Waals surface area (Å²) in [4.78, 5) is 6.40. The lowest BCUT2D eigenvalue weighted by molar-refractivity contribution is 1.15. The van der Waals surface area contributed by atoms with Gasteiger partial charge in [0.05, 0.1) is 5.56 Å². The zero-order chi connectivity index (χ0) is 12.3. The zero-order valence-corrected chi connectivity index (χ0v) is 11.9. The molecule has 0 unspecified atom stereocenters. The van der Waals surface area contributed by atoms with E-state index in [1.54, 1.807) is 34.9 Å². The SMILES string of the molecule is CSc1cccc(Sc2nc(C)cs2)c1C#N. The van der Waals surface area contributed by atoms with Gasteiger partial charge in [0, 0.05) is 20.9 Å². The molecule has 0 bridgehead atoms. The summed E-state index contributed by atoms with van der Waals surface area (Å²) in [6.45, 7) is 1.98. The number of hydrogen-bond acceptors (Lipinski definition) is 5. The molecular weight excluding hydrogens is 268 g/mol. The van der Waals surface area contributed by atoms with E-state index in [4.69, 9.17) is 0 Å². The summed E-state index contributed by atoms with van der Waals surface area (Å²) >= 11 is 4.77. The maximum atomic E-state index is 9.22. The molecule has 2 aromatic rings. The van der Waals surface area contributed by atoms with Gasteiger partial charge in [-0.15, -0.1) is 23.1 Å². The molecule has 1 aromatic heterocycles. The molecule has 0 N–H and O–H groups in total. The quantitative estimate of drug-likeness (QED) is 0.789. The Balaban J connectivity index is 2.36. The maximum Gasteiger partial charge on any atom is 0.154 e. The Kier molecular flexibility index (Phi) is 4.11. The normalized spacial score (nSPS) is 10.2. The molecule has 0 aliphatic rings. The molecule has 0 spiro atoms. The number of benzene rings is 1. The van der Waals surface area contributed by atoms with Crippen LogP contribution in [0.1, 0.15) is 11.3 Å². The first-order valence-electron chi connectivity index (χ1n) is 4.91. The molecule has 2 nitrogen and oxygen atoms in total. The smallest absolute Gasteiger partial charge is 0.154 e. The average molecular weight is 278 g/mol. The fourth-order valence-electron chi connectivity index (χ4n) is 1.35. The summed E-state index contributed by atoms with van der Waals surface area (Å²) in [6.07, 6.45) is 1.98. The fourth-order valence-corrected chi connectivity index (χ4v) is 3.90. The lowest BCUT2D eigenvalue weighted by Gasteiger charge is -2.04. The van der Waals surface area contributed by atoms with Crippen LogP contribution in [0.5, 0.6) is 0 Å². The first kappa shape index (κ1) is 12.5. The molecule has 1 heterocycles. The van der Waals surface area contributed by atoms with Crippen LogP contribution in [0.3, 0.4) is 0 Å². The minimum absolute atomic E-state index is 0.748. The number of hydrogen-bond donors (Lipinski definition) is 0. The van der Waals surface area contributed by atoms with E-state index in [1.807, 2.05) is 36.8 Å². The van der Waals surface area contributed by atoms with Gasteiger partial charge in [0.2, 0.25) is 0 Å². The lowest BCUT2D eigenvalue weighted by Crippen LogP contribution is -1.85. The van der Waals surface area contributed by atoms with Gasteiger partial charge in [0.1, 0.15) is 6.07 Å². The van der Waals surface area contributed by atoms with Gasteiger partial charge in [-0.05, 0) is 25.3 Å². The Morgan fingerprint density at radius 2 is 2.12 bits per heavy atom. The Bertz CT molecular complexity index is 569. The summed E-state index contributed by atoms with van der Waals surface area (Å²) in [7, 11) is 0. The lowest BCUT2D eigenvalue weighted by atomic mass is 10.2. The standard InChI is InChI=1S/C12H10N2S3/c1-8-7-16-12(14-8)17-11-5-3-4-10(15-2)9(11)6-13/h3-5,7H,1-2H3. The Morgan fingerprint density at radius 1 is 1.35 bits per heavy atom. The number of thiazole rings is 1. The predicted octanol–water partition coefficient (Wildman–Crippen LogP) is 4.20. The summed E-state index contributed by atoms with van der Waals surface area (Å²) in [5.74, 6) is 0. The summed E-state index contributed by atoms with van der Waals surface area (Å²) in [5, 5.41) is 11.2. The van der Waals surface area contributed by atoms with Crippen LogP contribution in [0.4, 0.5) is 0 Å². The van der Waals surface area contributed by atoms with Gasteiger partial charge in [-0.3, -0.25) is 0 Å². The number of aryl methyl sites for hydroxylation is 1. The number of aromatic nitrogens is 1. The predicted molar refractivity (Wildman–Crippen MR) is 73.9 cm³/mol. The van der Waals surface area contributed by atoms with E-state index in [-0.39, 0.29) is 0 Å². The molecule has 0 fully saturated rings. The van der Waals surface area contributed by atoms with Gasteiger partial charge < -0.3 is 0 Å². The molecule has 0 amide bonds. The van der Waals surface area contributed by atoms with E-state index in [1.165, 1.54) is 0 Å². The molecular formula is C12H10N2S3. The Hall–Kier alpha value is -0.960. The molecule has 86 valence electrons. The highest BCUT2D eigenvalue weighted by Gasteiger charge is 2.10. The number of thioether (sulfide) groups is 1. The van der Waals surface area contributed by atoms with Crippen molar-refractivity contribution in [2.24, 2.45) is 0 Å². The second-order valence-electron chi connectivity index (χ2n) is 3.30. The number of rotatable bonds is 3. The van der Waals surface area contributed by atoms with Gasteiger partial charge in [0.25, 0.3) is 0 Å². The van der Waals surface area contributed by atoms with Crippen LogP contribution in [-0.2, 0) is 0 Å². The van der Waals surface area contributed by atoms with Crippen molar-refractivity contribution < 1.29 is 0 Å². The van der Waals surface area contributed by atoms with Crippen LogP contribution in [0.15, 0.2) is 37.7 Å². The van der Waals surface area contributed by atoms with Crippen molar-refractivity contribution >= 4 is 34.9 Å². The second-order valence-corrected chi connectivity index (χ2v) is 6.30. The third kappa shape index (κ3) is 2.83. The number of nitrogens with zero attached hydrogens (tertiary/aromatic N) is 2. The minimum atomic E-state index is 0.748. The van der Waals surface area contributed by atoms with E-state index in [2.05, 4.69) is 11.1 Å². The van der Waals surface area contributed by atoms with Crippen LogP contribution in [-0.4, -0.2) is 11.2 Å². The highest BCUT2D eigenvalue weighted by molar-refractivity contribution is 8.01. The second kappa shape index (κ2) is 5.58. The van der Waals surface area contributed by atoms with Crippen LogP contribution < -0.4 is 0 Å². The summed E-state index contributed by atoms with van der Waals surface area (Å²) in [5.41, 5.74) is 1.77. The monoisotopic (exact) mass is 278 g/mol. The van der Waals surface area contributed by atoms with Gasteiger partial charge in [0.15, 0.2) is 4.34 Å². The Morgan fingerprint density at radius 3 is 2.71 bits per heavy atom. The summed E-state index contributed by atoms with van der Waals surface area (Å²) in [6, 6.07) is 8.20. The molecule has 0 aliphatic heterocycles. The van der Waals surface area contributed by atoms with Crippen molar-refractivity contribution in [1.82, 2.24) is 4.98 Å². The van der Waals surface area contributed by atoms with Crippen molar-refractivity contribution in [2.45, 2.75) is 21.1 Å². The minimum Gasteiger partial charge on any atom is -0.235 e. The molecule has 1 aromatic carbocycles. The molecule has 0 radical (unpaired) electrons. The first-order chi connectivity index (χ1) is 8.24. The molecule has 0 atom stereocenters. The fraction of sp³-hybridized carbons (Fsp3) is 0.167. The van der Waals surface area contributed by atoms with Crippen molar-refractivity contribution in [2.75, 3.05) is 6.26 Å². The van der Waals surface area contributed by atoms with Crippen molar-refractivity contribution in [3.63, 3.8) is 0 Å². The molecule has 0 aliphatic carbocycles. The number of nitriles is 1. The zero-order valence-electron chi connectivity index (χ0n) is 9.43. The third-order valence-corrected chi connectivity index (χ3v) is 5.01. The topological polar surface area (TPSA) is 36.7 Å². The van der Waals surface area contributed by atoms with Crippen molar-refractivity contribution in [3.8, 4) is 6.07 Å². The van der Waals surface area contributed by atoms with Gasteiger partial charge in [-0.2, -0.15) is 5.26 Å². The van der Waals surface area contributed by atoms with Crippen LogP contribution in [0, 0.1) is 18.3 Å². The van der Waals surface area contributed by atoms with E-state index in [0.29, 0.717) is 0 Å². The molecule has 17 heavy (non-hydrogen) atoms. The first-order valence-corrected chi connectivity index (χ1v) is 7.83. The highest BCUT2D eigenvalue weighted by atomic mass is 32.2. The maximum absolute atomic E-state index is 9.22. The van der Waals surface area contributed by atoms with Gasteiger partial charge in [-0.25, -0.2) is 4.98 Å². The van der Waals surface area contributed by atoms with Crippen LogP contribution in [0.25, 0.3) is 0 Å². The largest absolute Gasteiger partial charge is 0.235 e. The third-order valence-electron chi connectivity index (χ3n) is 2.11.